The monoisotopic (exact) mass is 418 g/mol. The molecule has 28 heavy (non-hydrogen) atoms. The molecular weight excluding hydrogens is 376 g/mol. The summed E-state index contributed by atoms with van der Waals surface area (Å²) in [4.78, 5) is 16.9. The summed E-state index contributed by atoms with van der Waals surface area (Å²) in [5, 5.41) is 0. The molecule has 0 spiro atoms. The fraction of sp³-hybridized carbons (Fsp3) is 0.636. The Hall–Kier alpha value is -1.41. The predicted molar refractivity (Wildman–Crippen MR) is 130 cm³/mol. The SMILES string of the molecule is CC(C)(C)C(=Cc1nccnc1/C=C(\N[Si](C)(C)C)C(C)(C)C)N[Si](C)(C)C. The summed E-state index contributed by atoms with van der Waals surface area (Å²) in [5.41, 5.74) is 4.30. The molecule has 0 unspecified atom stereocenters. The lowest BCUT2D eigenvalue weighted by molar-refractivity contribution is 0.487. The summed E-state index contributed by atoms with van der Waals surface area (Å²) in [6, 6.07) is 0. The zero-order chi connectivity index (χ0) is 22.0. The molecule has 0 aromatic carbocycles. The van der Waals surface area contributed by atoms with Crippen molar-refractivity contribution in [3.8, 4) is 0 Å². The summed E-state index contributed by atoms with van der Waals surface area (Å²) < 4.78 is 0. The van der Waals surface area contributed by atoms with Crippen LogP contribution in [0.4, 0.5) is 0 Å². The molecule has 158 valence electrons. The summed E-state index contributed by atoms with van der Waals surface area (Å²) in [7, 11) is -2.97. The Morgan fingerprint density at radius 1 is 0.679 bits per heavy atom. The lowest BCUT2D eigenvalue weighted by Crippen LogP contribution is -2.44. The molecule has 0 radical (unpaired) electrons. The first-order valence-electron chi connectivity index (χ1n) is 10.2. The summed E-state index contributed by atoms with van der Waals surface area (Å²) >= 11 is 0. The van der Waals surface area contributed by atoms with Crippen molar-refractivity contribution in [2.24, 2.45) is 10.8 Å². The van der Waals surface area contributed by atoms with Gasteiger partial charge >= 0.3 is 0 Å². The van der Waals surface area contributed by atoms with Crippen LogP contribution in [0.2, 0.25) is 39.3 Å². The number of allylic oxidation sites excluding steroid dienone is 2. The maximum atomic E-state index is 4.67. The van der Waals surface area contributed by atoms with Crippen molar-refractivity contribution >= 4 is 28.6 Å². The molecular formula is C22H42N4Si2. The minimum Gasteiger partial charge on any atom is -0.414 e. The molecule has 6 heteroatoms. The van der Waals surface area contributed by atoms with E-state index in [2.05, 4.69) is 113 Å². The van der Waals surface area contributed by atoms with E-state index in [4.69, 9.17) is 0 Å². The van der Waals surface area contributed by atoms with Gasteiger partial charge < -0.3 is 9.96 Å². The van der Waals surface area contributed by atoms with Crippen molar-refractivity contribution < 1.29 is 0 Å². The fourth-order valence-corrected chi connectivity index (χ4v) is 5.05. The van der Waals surface area contributed by atoms with Crippen LogP contribution in [0.25, 0.3) is 12.2 Å². The molecule has 1 heterocycles. The van der Waals surface area contributed by atoms with Crippen molar-refractivity contribution in [1.82, 2.24) is 19.9 Å². The van der Waals surface area contributed by atoms with Gasteiger partial charge in [-0.1, -0.05) is 80.8 Å². The van der Waals surface area contributed by atoms with Crippen LogP contribution in [0, 0.1) is 10.8 Å². The molecule has 0 aliphatic heterocycles. The quantitative estimate of drug-likeness (QED) is 0.548. The topological polar surface area (TPSA) is 49.8 Å². The molecule has 0 aliphatic rings. The standard InChI is InChI=1S/C22H42N4Si2/c1-21(2,3)19(25-27(7,8)9)15-17-18(24-14-13-23-17)16-20(22(4,5)6)26-28(10,11)12/h13-16,25-26H,1-12H3/b19-15-,20-16?. The van der Waals surface area contributed by atoms with Crippen LogP contribution in [0.1, 0.15) is 52.9 Å². The van der Waals surface area contributed by atoms with Gasteiger partial charge in [-0.25, -0.2) is 0 Å². The molecule has 0 fully saturated rings. The van der Waals surface area contributed by atoms with E-state index in [1.54, 1.807) is 12.4 Å². The van der Waals surface area contributed by atoms with E-state index in [1.165, 1.54) is 11.4 Å². The Bertz CT molecular complexity index is 662. The van der Waals surface area contributed by atoms with Gasteiger partial charge in [0.2, 0.25) is 0 Å². The van der Waals surface area contributed by atoms with Crippen LogP contribution in [0.15, 0.2) is 23.8 Å². The van der Waals surface area contributed by atoms with Gasteiger partial charge in [-0.15, -0.1) is 0 Å². The molecule has 1 aromatic heterocycles. The summed E-state index contributed by atoms with van der Waals surface area (Å²) in [6.07, 6.45) is 7.93. The van der Waals surface area contributed by atoms with E-state index >= 15 is 0 Å². The van der Waals surface area contributed by atoms with Gasteiger partial charge in [-0.3, -0.25) is 9.97 Å². The highest BCUT2D eigenvalue weighted by Gasteiger charge is 2.25. The second-order valence-electron chi connectivity index (χ2n) is 11.7. The molecule has 1 aromatic rings. The first-order valence-corrected chi connectivity index (χ1v) is 17.2. The van der Waals surface area contributed by atoms with Gasteiger partial charge in [-0.2, -0.15) is 0 Å². The van der Waals surface area contributed by atoms with Crippen LogP contribution in [-0.4, -0.2) is 26.4 Å². The fourth-order valence-electron chi connectivity index (χ4n) is 2.54. The normalized spacial score (nSPS) is 14.9. The van der Waals surface area contributed by atoms with E-state index < -0.39 is 16.5 Å². The Kier molecular flexibility index (Phi) is 7.51. The Balaban J connectivity index is 3.53. The number of nitrogens with one attached hydrogen (secondary N) is 2. The average Bonchev–Trinajstić information content (AvgIpc) is 2.43. The van der Waals surface area contributed by atoms with Crippen molar-refractivity contribution in [1.29, 1.82) is 0 Å². The number of nitrogens with zero attached hydrogens (tertiary/aromatic N) is 2. The second-order valence-corrected chi connectivity index (χ2v) is 21.2. The zero-order valence-electron chi connectivity index (χ0n) is 20.2. The van der Waals surface area contributed by atoms with Crippen LogP contribution in [-0.2, 0) is 0 Å². The highest BCUT2D eigenvalue weighted by atomic mass is 28.3. The lowest BCUT2D eigenvalue weighted by Gasteiger charge is -2.32. The third-order valence-electron chi connectivity index (χ3n) is 3.95. The summed E-state index contributed by atoms with van der Waals surface area (Å²) in [5.74, 6) is 0. The maximum absolute atomic E-state index is 4.67. The number of hydrogen-bond donors (Lipinski definition) is 2. The van der Waals surface area contributed by atoms with Gasteiger partial charge in [-0.05, 0) is 12.2 Å². The van der Waals surface area contributed by atoms with E-state index in [9.17, 15) is 0 Å². The molecule has 0 aliphatic carbocycles. The Labute approximate surface area is 175 Å². The van der Waals surface area contributed by atoms with E-state index in [-0.39, 0.29) is 10.8 Å². The Morgan fingerprint density at radius 2 is 0.964 bits per heavy atom. The molecule has 0 bridgehead atoms. The molecule has 2 N–H and O–H groups in total. The lowest BCUT2D eigenvalue weighted by atomic mass is 9.90. The molecule has 1 rings (SSSR count). The Morgan fingerprint density at radius 3 is 1.18 bits per heavy atom. The smallest absolute Gasteiger partial charge is 0.144 e. The summed E-state index contributed by atoms with van der Waals surface area (Å²) in [6.45, 7) is 27.4. The van der Waals surface area contributed by atoms with Gasteiger partial charge in [0.05, 0.1) is 11.4 Å². The van der Waals surface area contributed by atoms with E-state index in [0.717, 1.165) is 11.4 Å². The number of hydrogen-bond acceptors (Lipinski definition) is 4. The van der Waals surface area contributed by atoms with Gasteiger partial charge in [0.1, 0.15) is 16.5 Å². The maximum Gasteiger partial charge on any atom is 0.144 e. The van der Waals surface area contributed by atoms with Crippen molar-refractivity contribution in [2.45, 2.75) is 80.8 Å². The van der Waals surface area contributed by atoms with Crippen molar-refractivity contribution in [3.63, 3.8) is 0 Å². The molecule has 0 saturated carbocycles. The van der Waals surface area contributed by atoms with Crippen LogP contribution < -0.4 is 9.96 Å². The first kappa shape index (κ1) is 24.6. The number of aromatic nitrogens is 2. The van der Waals surface area contributed by atoms with Gasteiger partial charge in [0, 0.05) is 34.6 Å². The molecule has 0 atom stereocenters. The highest BCUT2D eigenvalue weighted by Crippen LogP contribution is 2.29. The van der Waals surface area contributed by atoms with Crippen LogP contribution in [0.3, 0.4) is 0 Å². The molecule has 0 saturated heterocycles. The van der Waals surface area contributed by atoms with Gasteiger partial charge in [0.25, 0.3) is 0 Å². The van der Waals surface area contributed by atoms with Crippen molar-refractivity contribution in [3.05, 3.63) is 35.2 Å². The first-order chi connectivity index (χ1) is 12.4. The largest absolute Gasteiger partial charge is 0.414 e. The highest BCUT2D eigenvalue weighted by molar-refractivity contribution is 6.74. The van der Waals surface area contributed by atoms with Gasteiger partial charge in [0.15, 0.2) is 0 Å². The van der Waals surface area contributed by atoms with Crippen LogP contribution >= 0.6 is 0 Å². The number of rotatable bonds is 6. The zero-order valence-corrected chi connectivity index (χ0v) is 22.2. The average molecular weight is 419 g/mol. The third kappa shape index (κ3) is 8.73. The third-order valence-corrected chi connectivity index (χ3v) is 5.99. The molecule has 4 nitrogen and oxygen atoms in total. The molecule has 0 amide bonds. The predicted octanol–water partition coefficient (Wildman–Crippen LogP) is 6.10. The van der Waals surface area contributed by atoms with E-state index in [0.29, 0.717) is 0 Å². The second kappa shape index (κ2) is 8.53. The van der Waals surface area contributed by atoms with Crippen LogP contribution in [0.5, 0.6) is 0 Å². The van der Waals surface area contributed by atoms with E-state index in [1.807, 2.05) is 0 Å². The van der Waals surface area contributed by atoms with Crippen molar-refractivity contribution in [2.75, 3.05) is 0 Å². The minimum atomic E-state index is -1.48. The minimum absolute atomic E-state index is 0.0161.